The van der Waals surface area contributed by atoms with E-state index in [0.29, 0.717) is 5.78 Å². The second-order valence-corrected chi connectivity index (χ2v) is 6.07. The highest BCUT2D eigenvalue weighted by atomic mass is 16.1. The van der Waals surface area contributed by atoms with Gasteiger partial charge in [0.05, 0.1) is 0 Å². The summed E-state index contributed by atoms with van der Waals surface area (Å²) in [5.41, 5.74) is 2.65. The van der Waals surface area contributed by atoms with Gasteiger partial charge in [0.2, 0.25) is 0 Å². The second kappa shape index (κ2) is 4.70. The Kier molecular flexibility index (Phi) is 2.81. The molecule has 1 aliphatic rings. The Morgan fingerprint density at radius 1 is 0.952 bits per heavy atom. The summed E-state index contributed by atoms with van der Waals surface area (Å²) in [5.74, 6) is 0.403. The van der Waals surface area contributed by atoms with Crippen molar-refractivity contribution in [2.45, 2.75) is 32.1 Å². The highest BCUT2D eigenvalue weighted by Gasteiger charge is 2.25. The minimum atomic E-state index is 0.102. The number of carbonyl (C=O) groups excluding carboxylic acids is 1. The van der Waals surface area contributed by atoms with E-state index in [2.05, 4.69) is 48.5 Å². The molecule has 0 amide bonds. The zero-order chi connectivity index (χ0) is 14.4. The molecule has 0 saturated carbocycles. The van der Waals surface area contributed by atoms with E-state index in [1.54, 1.807) is 6.92 Å². The minimum Gasteiger partial charge on any atom is -0.299 e. The van der Waals surface area contributed by atoms with Gasteiger partial charge < -0.3 is 0 Å². The van der Waals surface area contributed by atoms with E-state index in [-0.39, 0.29) is 5.92 Å². The van der Waals surface area contributed by atoms with Gasteiger partial charge in [-0.1, -0.05) is 48.5 Å². The lowest BCUT2D eigenvalue weighted by atomic mass is 9.78. The van der Waals surface area contributed by atoms with Gasteiger partial charge in [-0.05, 0) is 58.9 Å². The average molecular weight is 274 g/mol. The van der Waals surface area contributed by atoms with Gasteiger partial charge in [0.15, 0.2) is 0 Å². The molecule has 1 atom stereocenters. The fourth-order valence-electron chi connectivity index (χ4n) is 3.83. The van der Waals surface area contributed by atoms with Gasteiger partial charge in [0.1, 0.15) is 5.78 Å². The summed E-state index contributed by atoms with van der Waals surface area (Å²) < 4.78 is 0. The number of fused-ring (bicyclic) bond motifs is 5. The zero-order valence-electron chi connectivity index (χ0n) is 12.2. The van der Waals surface area contributed by atoms with Crippen molar-refractivity contribution in [3.8, 4) is 0 Å². The lowest BCUT2D eigenvalue weighted by Crippen LogP contribution is -2.16. The Labute approximate surface area is 124 Å². The highest BCUT2D eigenvalue weighted by Crippen LogP contribution is 2.38. The first-order chi connectivity index (χ1) is 10.3. The van der Waals surface area contributed by atoms with Gasteiger partial charge >= 0.3 is 0 Å². The molecule has 0 aromatic heterocycles. The van der Waals surface area contributed by atoms with Crippen LogP contribution in [-0.2, 0) is 11.2 Å². The first-order valence-corrected chi connectivity index (χ1v) is 7.69. The molecule has 1 aliphatic carbocycles. The average Bonchev–Trinajstić information content (AvgIpc) is 2.53. The number of aryl methyl sites for hydroxylation is 1. The Morgan fingerprint density at radius 2 is 1.76 bits per heavy atom. The smallest absolute Gasteiger partial charge is 0.137 e. The third kappa shape index (κ3) is 1.88. The monoisotopic (exact) mass is 274 g/mol. The molecule has 0 N–H and O–H groups in total. The highest BCUT2D eigenvalue weighted by molar-refractivity contribution is 6.09. The van der Waals surface area contributed by atoms with Crippen molar-refractivity contribution in [2.24, 2.45) is 0 Å². The van der Waals surface area contributed by atoms with Crippen LogP contribution in [0.5, 0.6) is 0 Å². The maximum absolute atomic E-state index is 11.9. The number of ketones is 1. The van der Waals surface area contributed by atoms with E-state index in [4.69, 9.17) is 0 Å². The van der Waals surface area contributed by atoms with Gasteiger partial charge in [-0.3, -0.25) is 4.79 Å². The topological polar surface area (TPSA) is 17.1 Å². The van der Waals surface area contributed by atoms with Crippen molar-refractivity contribution in [2.75, 3.05) is 0 Å². The van der Waals surface area contributed by atoms with Crippen molar-refractivity contribution >= 4 is 27.3 Å². The molecule has 0 aliphatic heterocycles. The summed E-state index contributed by atoms with van der Waals surface area (Å²) in [6.07, 6.45) is 3.21. The molecule has 0 fully saturated rings. The summed E-state index contributed by atoms with van der Waals surface area (Å²) in [5, 5.41) is 5.24. The summed E-state index contributed by atoms with van der Waals surface area (Å²) >= 11 is 0. The number of hydrogen-bond donors (Lipinski definition) is 0. The Balaban J connectivity index is 2.06. The number of rotatable bonds is 1. The van der Waals surface area contributed by atoms with E-state index in [1.807, 2.05) is 0 Å². The van der Waals surface area contributed by atoms with Crippen LogP contribution in [0.25, 0.3) is 21.5 Å². The normalized spacial score (nSPS) is 17.9. The van der Waals surface area contributed by atoms with Crippen LogP contribution in [0.4, 0.5) is 0 Å². The first-order valence-electron chi connectivity index (χ1n) is 7.69. The third-order valence-electron chi connectivity index (χ3n) is 4.86. The van der Waals surface area contributed by atoms with Crippen LogP contribution in [0.15, 0.2) is 48.5 Å². The molecular weight excluding hydrogens is 256 g/mol. The lowest BCUT2D eigenvalue weighted by molar-refractivity contribution is -0.118. The molecule has 0 radical (unpaired) electrons. The summed E-state index contributed by atoms with van der Waals surface area (Å²) in [6, 6.07) is 17.4. The number of Topliss-reactive ketones (excluding diaryl/α,β-unsaturated/α-hetero) is 1. The van der Waals surface area contributed by atoms with Crippen LogP contribution in [0, 0.1) is 0 Å². The van der Waals surface area contributed by atoms with Gasteiger partial charge in [0.25, 0.3) is 0 Å². The van der Waals surface area contributed by atoms with Crippen LogP contribution in [0.1, 0.15) is 36.8 Å². The fourth-order valence-corrected chi connectivity index (χ4v) is 3.83. The molecule has 104 valence electrons. The summed E-state index contributed by atoms with van der Waals surface area (Å²) in [6.45, 7) is 1.73. The van der Waals surface area contributed by atoms with Gasteiger partial charge in [-0.25, -0.2) is 0 Å². The molecule has 3 aromatic rings. The van der Waals surface area contributed by atoms with E-state index in [1.165, 1.54) is 32.7 Å². The molecule has 0 saturated heterocycles. The molecular formula is C20H18O. The maximum Gasteiger partial charge on any atom is 0.137 e. The Bertz CT molecular complexity index is 860. The summed E-state index contributed by atoms with van der Waals surface area (Å²) in [7, 11) is 0. The van der Waals surface area contributed by atoms with Crippen LogP contribution in [0.3, 0.4) is 0 Å². The largest absolute Gasteiger partial charge is 0.299 e. The predicted octanol–water partition coefficient (Wildman–Crippen LogP) is 5.00. The minimum absolute atomic E-state index is 0.102. The number of hydrogen-bond acceptors (Lipinski definition) is 1. The van der Waals surface area contributed by atoms with E-state index in [9.17, 15) is 4.79 Å². The van der Waals surface area contributed by atoms with Gasteiger partial charge in [0, 0.05) is 5.92 Å². The Hall–Kier alpha value is -2.15. The van der Waals surface area contributed by atoms with Crippen LogP contribution in [-0.4, -0.2) is 5.78 Å². The zero-order valence-corrected chi connectivity index (χ0v) is 12.2. The van der Waals surface area contributed by atoms with Crippen molar-refractivity contribution < 1.29 is 4.79 Å². The number of carbonyl (C=O) groups is 1. The van der Waals surface area contributed by atoms with Crippen molar-refractivity contribution in [3.05, 3.63) is 59.7 Å². The van der Waals surface area contributed by atoms with Crippen molar-refractivity contribution in [1.29, 1.82) is 0 Å². The van der Waals surface area contributed by atoms with Crippen LogP contribution < -0.4 is 0 Å². The first kappa shape index (κ1) is 12.6. The fraction of sp³-hybridized carbons (Fsp3) is 0.250. The molecule has 1 unspecified atom stereocenters. The predicted molar refractivity (Wildman–Crippen MR) is 87.8 cm³/mol. The molecule has 3 aromatic carbocycles. The number of benzene rings is 3. The molecule has 4 rings (SSSR count). The SMILES string of the molecule is CC(=O)C1CCCc2c1ccc1c2ccc2ccccc21. The molecule has 0 heterocycles. The van der Waals surface area contributed by atoms with Crippen LogP contribution >= 0.6 is 0 Å². The van der Waals surface area contributed by atoms with E-state index >= 15 is 0 Å². The van der Waals surface area contributed by atoms with E-state index in [0.717, 1.165) is 19.3 Å². The second-order valence-electron chi connectivity index (χ2n) is 6.07. The van der Waals surface area contributed by atoms with E-state index < -0.39 is 0 Å². The van der Waals surface area contributed by atoms with Crippen molar-refractivity contribution in [1.82, 2.24) is 0 Å². The maximum atomic E-state index is 11.9. The molecule has 1 nitrogen and oxygen atoms in total. The Morgan fingerprint density at radius 3 is 2.62 bits per heavy atom. The standard InChI is InChI=1S/C20H18O/c1-13(21)15-7-4-8-17-18(15)11-12-19-16-6-3-2-5-14(16)9-10-20(17)19/h2-3,5-6,9-12,15H,4,7-8H2,1H3. The molecule has 0 bridgehead atoms. The molecule has 1 heteroatoms. The molecule has 0 spiro atoms. The quantitative estimate of drug-likeness (QED) is 0.571. The molecule has 21 heavy (non-hydrogen) atoms. The lowest BCUT2D eigenvalue weighted by Gasteiger charge is -2.25. The van der Waals surface area contributed by atoms with Gasteiger partial charge in [-0.2, -0.15) is 0 Å². The third-order valence-corrected chi connectivity index (χ3v) is 4.86. The van der Waals surface area contributed by atoms with Crippen LogP contribution in [0.2, 0.25) is 0 Å². The van der Waals surface area contributed by atoms with Gasteiger partial charge in [-0.15, -0.1) is 0 Å². The van der Waals surface area contributed by atoms with Crippen molar-refractivity contribution in [3.63, 3.8) is 0 Å². The summed E-state index contributed by atoms with van der Waals surface area (Å²) in [4.78, 5) is 11.9.